The number of amides is 1. The van der Waals surface area contributed by atoms with Crippen molar-refractivity contribution in [2.45, 2.75) is 18.8 Å². The Kier molecular flexibility index (Phi) is 3.81. The number of piperidine rings is 1. The Labute approximate surface area is 156 Å². The van der Waals surface area contributed by atoms with Crippen molar-refractivity contribution < 1.29 is 4.79 Å². The highest BCUT2D eigenvalue weighted by atomic mass is 16.2. The predicted molar refractivity (Wildman–Crippen MR) is 103 cm³/mol. The normalized spacial score (nSPS) is 15.5. The topological polar surface area (TPSA) is 63.4 Å². The van der Waals surface area contributed by atoms with Crippen molar-refractivity contribution in [1.82, 2.24) is 24.5 Å². The number of hydrogen-bond donors (Lipinski definition) is 0. The van der Waals surface area contributed by atoms with Crippen LogP contribution in [0.4, 0.5) is 0 Å². The highest BCUT2D eigenvalue weighted by Gasteiger charge is 2.26. The highest BCUT2D eigenvalue weighted by Crippen LogP contribution is 2.28. The van der Waals surface area contributed by atoms with E-state index >= 15 is 0 Å². The molecule has 1 aliphatic heterocycles. The van der Waals surface area contributed by atoms with Gasteiger partial charge < -0.3 is 4.90 Å². The van der Waals surface area contributed by atoms with E-state index in [4.69, 9.17) is 0 Å². The fraction of sp³-hybridized carbons (Fsp3) is 0.238. The van der Waals surface area contributed by atoms with Crippen molar-refractivity contribution in [3.63, 3.8) is 0 Å². The van der Waals surface area contributed by atoms with Crippen LogP contribution in [0.3, 0.4) is 0 Å². The molecule has 4 aromatic rings. The van der Waals surface area contributed by atoms with E-state index in [2.05, 4.69) is 15.1 Å². The van der Waals surface area contributed by atoms with Crippen LogP contribution in [0.15, 0.2) is 60.9 Å². The minimum Gasteiger partial charge on any atom is -0.337 e. The average molecular weight is 357 g/mol. The van der Waals surface area contributed by atoms with Crippen LogP contribution in [0, 0.1) is 0 Å². The van der Waals surface area contributed by atoms with Crippen LogP contribution in [0.2, 0.25) is 0 Å². The van der Waals surface area contributed by atoms with Gasteiger partial charge in [-0.2, -0.15) is 5.10 Å². The molecule has 4 heterocycles. The standard InChI is InChI=1S/C21H19N5O/c27-21(18-6-5-15-3-1-2-4-17(15)24-18)25-13-9-16(10-14-25)19-7-11-22-20-8-12-23-26(19)20/h1-8,11-12,16H,9-10,13-14H2. The smallest absolute Gasteiger partial charge is 0.272 e. The number of fused-ring (bicyclic) bond motifs is 2. The molecule has 27 heavy (non-hydrogen) atoms. The lowest BCUT2D eigenvalue weighted by molar-refractivity contribution is 0.0706. The zero-order valence-corrected chi connectivity index (χ0v) is 14.8. The van der Waals surface area contributed by atoms with Crippen molar-refractivity contribution in [3.8, 4) is 0 Å². The summed E-state index contributed by atoms with van der Waals surface area (Å²) in [5.74, 6) is 0.391. The van der Waals surface area contributed by atoms with Gasteiger partial charge in [0.2, 0.25) is 0 Å². The monoisotopic (exact) mass is 357 g/mol. The molecule has 0 saturated carbocycles. The highest BCUT2D eigenvalue weighted by molar-refractivity contribution is 5.95. The molecule has 1 amide bonds. The molecule has 0 spiro atoms. The molecule has 0 atom stereocenters. The lowest BCUT2D eigenvalue weighted by Gasteiger charge is -2.32. The van der Waals surface area contributed by atoms with E-state index < -0.39 is 0 Å². The molecule has 0 bridgehead atoms. The van der Waals surface area contributed by atoms with Crippen LogP contribution >= 0.6 is 0 Å². The molecule has 0 aliphatic carbocycles. The number of para-hydroxylation sites is 1. The van der Waals surface area contributed by atoms with Gasteiger partial charge in [0.15, 0.2) is 5.65 Å². The Hall–Kier alpha value is -3.28. The number of likely N-dealkylation sites (tertiary alicyclic amines) is 1. The van der Waals surface area contributed by atoms with Gasteiger partial charge in [0.25, 0.3) is 5.91 Å². The maximum absolute atomic E-state index is 12.9. The van der Waals surface area contributed by atoms with E-state index in [9.17, 15) is 4.79 Å². The summed E-state index contributed by atoms with van der Waals surface area (Å²) in [7, 11) is 0. The molecule has 1 fully saturated rings. The van der Waals surface area contributed by atoms with Gasteiger partial charge in [-0.3, -0.25) is 4.79 Å². The van der Waals surface area contributed by atoms with Gasteiger partial charge in [0, 0.05) is 42.4 Å². The Bertz CT molecular complexity index is 1130. The van der Waals surface area contributed by atoms with Crippen molar-refractivity contribution in [1.29, 1.82) is 0 Å². The number of benzene rings is 1. The fourth-order valence-electron chi connectivity index (χ4n) is 3.89. The molecule has 1 saturated heterocycles. The molecule has 0 radical (unpaired) electrons. The van der Waals surface area contributed by atoms with Gasteiger partial charge in [0.1, 0.15) is 5.69 Å². The largest absolute Gasteiger partial charge is 0.337 e. The first kappa shape index (κ1) is 15.9. The van der Waals surface area contributed by atoms with Crippen LogP contribution in [-0.4, -0.2) is 43.5 Å². The Morgan fingerprint density at radius 3 is 2.70 bits per heavy atom. The van der Waals surface area contributed by atoms with Crippen molar-refractivity contribution in [2.75, 3.05) is 13.1 Å². The van der Waals surface area contributed by atoms with E-state index in [0.29, 0.717) is 11.6 Å². The van der Waals surface area contributed by atoms with Gasteiger partial charge in [-0.25, -0.2) is 14.5 Å². The Balaban J connectivity index is 1.33. The quantitative estimate of drug-likeness (QED) is 0.552. The van der Waals surface area contributed by atoms with Gasteiger partial charge in [0.05, 0.1) is 11.7 Å². The van der Waals surface area contributed by atoms with Crippen LogP contribution in [0.1, 0.15) is 34.9 Å². The summed E-state index contributed by atoms with van der Waals surface area (Å²) in [5, 5.41) is 5.44. The minimum atomic E-state index is 0.0122. The predicted octanol–water partition coefficient (Wildman–Crippen LogP) is 3.30. The molecule has 6 heteroatoms. The zero-order valence-electron chi connectivity index (χ0n) is 14.8. The van der Waals surface area contributed by atoms with Crippen molar-refractivity contribution >= 4 is 22.5 Å². The number of aromatic nitrogens is 4. The summed E-state index contributed by atoms with van der Waals surface area (Å²) in [6, 6.07) is 15.6. The lowest BCUT2D eigenvalue weighted by Crippen LogP contribution is -2.38. The molecule has 3 aromatic heterocycles. The molecule has 0 unspecified atom stereocenters. The fourth-order valence-corrected chi connectivity index (χ4v) is 3.89. The van der Waals surface area contributed by atoms with Gasteiger partial charge in [-0.15, -0.1) is 0 Å². The number of pyridine rings is 1. The second-order valence-corrected chi connectivity index (χ2v) is 6.93. The SMILES string of the molecule is O=C(c1ccc2ccccc2n1)N1CCC(c2ccnc3ccnn23)CC1. The molecule has 1 aromatic carbocycles. The molecule has 1 aliphatic rings. The van der Waals surface area contributed by atoms with Crippen LogP contribution in [-0.2, 0) is 0 Å². The summed E-state index contributed by atoms with van der Waals surface area (Å²) < 4.78 is 1.91. The average Bonchev–Trinajstić information content (AvgIpc) is 3.22. The first-order valence-corrected chi connectivity index (χ1v) is 9.23. The second kappa shape index (κ2) is 6.46. The molecular formula is C21H19N5O. The van der Waals surface area contributed by atoms with Crippen LogP contribution < -0.4 is 0 Å². The third-order valence-electron chi connectivity index (χ3n) is 5.34. The summed E-state index contributed by atoms with van der Waals surface area (Å²) in [6.07, 6.45) is 5.44. The maximum atomic E-state index is 12.9. The van der Waals surface area contributed by atoms with Gasteiger partial charge >= 0.3 is 0 Å². The number of carbonyl (C=O) groups is 1. The zero-order chi connectivity index (χ0) is 18.2. The number of nitrogens with zero attached hydrogens (tertiary/aromatic N) is 5. The number of rotatable bonds is 2. The van der Waals surface area contributed by atoms with Crippen LogP contribution in [0.5, 0.6) is 0 Å². The first-order valence-electron chi connectivity index (χ1n) is 9.23. The Morgan fingerprint density at radius 2 is 1.81 bits per heavy atom. The van der Waals surface area contributed by atoms with E-state index in [1.807, 2.05) is 64.1 Å². The third kappa shape index (κ3) is 2.83. The summed E-state index contributed by atoms with van der Waals surface area (Å²) in [6.45, 7) is 1.45. The maximum Gasteiger partial charge on any atom is 0.272 e. The lowest BCUT2D eigenvalue weighted by atomic mass is 9.93. The Morgan fingerprint density at radius 1 is 0.963 bits per heavy atom. The van der Waals surface area contributed by atoms with Crippen LogP contribution in [0.25, 0.3) is 16.6 Å². The molecule has 5 rings (SSSR count). The van der Waals surface area contributed by atoms with Crippen molar-refractivity contribution in [2.24, 2.45) is 0 Å². The first-order chi connectivity index (χ1) is 13.3. The number of carbonyl (C=O) groups excluding carboxylic acids is 1. The van der Waals surface area contributed by atoms with E-state index in [0.717, 1.165) is 42.5 Å². The van der Waals surface area contributed by atoms with E-state index in [1.54, 1.807) is 6.20 Å². The van der Waals surface area contributed by atoms with E-state index in [-0.39, 0.29) is 5.91 Å². The molecule has 0 N–H and O–H groups in total. The number of hydrogen-bond acceptors (Lipinski definition) is 4. The molecule has 6 nitrogen and oxygen atoms in total. The van der Waals surface area contributed by atoms with Crippen molar-refractivity contribution in [3.05, 3.63) is 72.3 Å². The molecular weight excluding hydrogens is 338 g/mol. The van der Waals surface area contributed by atoms with Gasteiger partial charge in [-0.05, 0) is 31.0 Å². The van der Waals surface area contributed by atoms with Gasteiger partial charge in [-0.1, -0.05) is 24.3 Å². The minimum absolute atomic E-state index is 0.0122. The summed E-state index contributed by atoms with van der Waals surface area (Å²) >= 11 is 0. The third-order valence-corrected chi connectivity index (χ3v) is 5.34. The summed E-state index contributed by atoms with van der Waals surface area (Å²) in [5.41, 5.74) is 3.41. The summed E-state index contributed by atoms with van der Waals surface area (Å²) in [4.78, 5) is 23.7. The molecule has 134 valence electrons. The second-order valence-electron chi connectivity index (χ2n) is 6.93. The van der Waals surface area contributed by atoms with E-state index in [1.165, 1.54) is 5.69 Å².